The lowest BCUT2D eigenvalue weighted by Gasteiger charge is -2.36. The van der Waals surface area contributed by atoms with Gasteiger partial charge >= 0.3 is 0 Å². The quantitative estimate of drug-likeness (QED) is 0.240. The van der Waals surface area contributed by atoms with Gasteiger partial charge in [-0.05, 0) is 31.4 Å². The molecule has 0 spiro atoms. The molecular formula is C16H34IN3O2S. The van der Waals surface area contributed by atoms with Gasteiger partial charge in [-0.2, -0.15) is 11.8 Å². The van der Waals surface area contributed by atoms with E-state index in [1.54, 1.807) is 0 Å². The maximum atomic E-state index is 5.58. The molecule has 1 aliphatic rings. The Morgan fingerprint density at radius 2 is 2.00 bits per heavy atom. The lowest BCUT2D eigenvalue weighted by atomic mass is 9.99. The van der Waals surface area contributed by atoms with Crippen LogP contribution in [0.3, 0.4) is 0 Å². The van der Waals surface area contributed by atoms with Crippen molar-refractivity contribution in [2.24, 2.45) is 10.9 Å². The molecule has 1 fully saturated rings. The number of nitrogens with one attached hydrogen (secondary N) is 2. The Bertz CT molecular complexity index is 324. The van der Waals surface area contributed by atoms with Crippen LogP contribution in [0.5, 0.6) is 0 Å². The van der Waals surface area contributed by atoms with Crippen molar-refractivity contribution in [1.82, 2.24) is 10.6 Å². The topological polar surface area (TPSA) is 54.9 Å². The molecule has 5 nitrogen and oxygen atoms in total. The highest BCUT2D eigenvalue weighted by molar-refractivity contribution is 14.0. The van der Waals surface area contributed by atoms with Gasteiger partial charge in [0.1, 0.15) is 0 Å². The minimum atomic E-state index is 0. The van der Waals surface area contributed by atoms with Crippen molar-refractivity contribution in [2.75, 3.05) is 52.8 Å². The third-order valence-corrected chi connectivity index (χ3v) is 5.27. The molecule has 0 atom stereocenters. The number of ether oxygens (including phenoxy) is 2. The minimum Gasteiger partial charge on any atom is -0.381 e. The highest BCUT2D eigenvalue weighted by Crippen LogP contribution is 2.32. The standard InChI is InChI=1S/C16H33N3O2S.HI/c1-14(2)12-21-9-5-8-18-15(17-3)19-13-16(22-4)6-10-20-11-7-16;/h14H,5-13H2,1-4H3,(H2,17,18,19);1H. The highest BCUT2D eigenvalue weighted by atomic mass is 127. The molecule has 1 rings (SSSR count). The van der Waals surface area contributed by atoms with Crippen molar-refractivity contribution in [3.63, 3.8) is 0 Å². The van der Waals surface area contributed by atoms with Crippen LogP contribution in [-0.4, -0.2) is 63.5 Å². The summed E-state index contributed by atoms with van der Waals surface area (Å²) < 4.78 is 11.3. The van der Waals surface area contributed by atoms with Crippen LogP contribution in [0.15, 0.2) is 4.99 Å². The number of nitrogens with zero attached hydrogens (tertiary/aromatic N) is 1. The van der Waals surface area contributed by atoms with Crippen molar-refractivity contribution < 1.29 is 9.47 Å². The summed E-state index contributed by atoms with van der Waals surface area (Å²) in [5.74, 6) is 1.48. The van der Waals surface area contributed by atoms with E-state index in [4.69, 9.17) is 9.47 Å². The van der Waals surface area contributed by atoms with Crippen molar-refractivity contribution in [3.05, 3.63) is 0 Å². The monoisotopic (exact) mass is 459 g/mol. The molecule has 0 aliphatic carbocycles. The van der Waals surface area contributed by atoms with E-state index in [0.717, 1.165) is 64.7 Å². The normalized spacial score (nSPS) is 17.7. The summed E-state index contributed by atoms with van der Waals surface area (Å²) in [4.78, 5) is 4.30. The van der Waals surface area contributed by atoms with Crippen molar-refractivity contribution in [3.8, 4) is 0 Å². The zero-order valence-corrected chi connectivity index (χ0v) is 18.2. The van der Waals surface area contributed by atoms with Crippen LogP contribution in [-0.2, 0) is 9.47 Å². The number of halogens is 1. The molecule has 0 saturated carbocycles. The molecule has 1 heterocycles. The van der Waals surface area contributed by atoms with Gasteiger partial charge < -0.3 is 20.1 Å². The zero-order chi connectivity index (χ0) is 16.3. The summed E-state index contributed by atoms with van der Waals surface area (Å²) in [6.45, 7) is 9.51. The van der Waals surface area contributed by atoms with Crippen LogP contribution in [0.4, 0.5) is 0 Å². The fraction of sp³-hybridized carbons (Fsp3) is 0.938. The zero-order valence-electron chi connectivity index (χ0n) is 15.0. The molecule has 0 aromatic carbocycles. The van der Waals surface area contributed by atoms with Crippen LogP contribution in [0.1, 0.15) is 33.1 Å². The van der Waals surface area contributed by atoms with Gasteiger partial charge in [-0.25, -0.2) is 0 Å². The Hall–Kier alpha value is 0.270. The summed E-state index contributed by atoms with van der Waals surface area (Å²) in [7, 11) is 1.82. The van der Waals surface area contributed by atoms with E-state index in [9.17, 15) is 0 Å². The van der Waals surface area contributed by atoms with E-state index in [0.29, 0.717) is 5.92 Å². The molecule has 0 aromatic rings. The third-order valence-electron chi connectivity index (χ3n) is 3.85. The Morgan fingerprint density at radius 1 is 1.30 bits per heavy atom. The largest absolute Gasteiger partial charge is 0.381 e. The number of thioether (sulfide) groups is 1. The Labute approximate surface area is 163 Å². The molecular weight excluding hydrogens is 425 g/mol. The van der Waals surface area contributed by atoms with Gasteiger partial charge in [-0.1, -0.05) is 13.8 Å². The van der Waals surface area contributed by atoms with E-state index in [1.165, 1.54) is 0 Å². The Morgan fingerprint density at radius 3 is 2.57 bits per heavy atom. The van der Waals surface area contributed by atoms with Gasteiger partial charge in [0, 0.05) is 51.3 Å². The molecule has 2 N–H and O–H groups in total. The van der Waals surface area contributed by atoms with Gasteiger partial charge in [0.25, 0.3) is 0 Å². The van der Waals surface area contributed by atoms with E-state index < -0.39 is 0 Å². The first kappa shape index (κ1) is 23.3. The summed E-state index contributed by atoms with van der Waals surface area (Å²) in [6, 6.07) is 0. The fourth-order valence-electron chi connectivity index (χ4n) is 2.36. The first-order chi connectivity index (χ1) is 10.6. The molecule has 0 radical (unpaired) electrons. The van der Waals surface area contributed by atoms with Gasteiger partial charge in [-0.15, -0.1) is 24.0 Å². The lowest BCUT2D eigenvalue weighted by molar-refractivity contribution is 0.0782. The Kier molecular flexibility index (Phi) is 13.7. The van der Waals surface area contributed by atoms with Crippen molar-refractivity contribution >= 4 is 41.7 Å². The maximum absolute atomic E-state index is 5.58. The van der Waals surface area contributed by atoms with Crippen LogP contribution >= 0.6 is 35.7 Å². The number of aliphatic imine (C=N–C) groups is 1. The first-order valence-corrected chi connectivity index (χ1v) is 9.49. The molecule has 0 amide bonds. The maximum Gasteiger partial charge on any atom is 0.191 e. The molecule has 7 heteroatoms. The smallest absolute Gasteiger partial charge is 0.191 e. The number of guanidine groups is 1. The lowest BCUT2D eigenvalue weighted by Crippen LogP contribution is -2.48. The van der Waals surface area contributed by atoms with E-state index >= 15 is 0 Å². The SMILES string of the molecule is CN=C(NCCCOCC(C)C)NCC1(SC)CCOCC1.I. The Balaban J connectivity index is 0.00000484. The summed E-state index contributed by atoms with van der Waals surface area (Å²) in [5.41, 5.74) is 0. The number of hydrogen-bond donors (Lipinski definition) is 2. The molecule has 1 aliphatic heterocycles. The molecule has 1 saturated heterocycles. The molecule has 0 aromatic heterocycles. The second-order valence-electron chi connectivity index (χ2n) is 6.17. The molecule has 138 valence electrons. The van der Waals surface area contributed by atoms with Gasteiger partial charge in [0.05, 0.1) is 0 Å². The first-order valence-electron chi connectivity index (χ1n) is 8.27. The second-order valence-corrected chi connectivity index (χ2v) is 7.45. The molecule has 0 unspecified atom stereocenters. The predicted molar refractivity (Wildman–Crippen MR) is 111 cm³/mol. The third kappa shape index (κ3) is 9.99. The van der Waals surface area contributed by atoms with Crippen molar-refractivity contribution in [2.45, 2.75) is 37.9 Å². The summed E-state index contributed by atoms with van der Waals surface area (Å²) in [6.07, 6.45) is 5.38. The van der Waals surface area contributed by atoms with Gasteiger partial charge in [0.2, 0.25) is 0 Å². The molecule has 0 bridgehead atoms. The number of rotatable bonds is 9. The minimum absolute atomic E-state index is 0. The predicted octanol–water partition coefficient (Wildman–Crippen LogP) is 2.74. The second kappa shape index (κ2) is 13.5. The summed E-state index contributed by atoms with van der Waals surface area (Å²) >= 11 is 1.94. The highest BCUT2D eigenvalue weighted by Gasteiger charge is 2.31. The van der Waals surface area contributed by atoms with E-state index in [1.807, 2.05) is 18.8 Å². The average Bonchev–Trinajstić information content (AvgIpc) is 2.54. The van der Waals surface area contributed by atoms with Crippen LogP contribution in [0, 0.1) is 5.92 Å². The van der Waals surface area contributed by atoms with Gasteiger partial charge in [0.15, 0.2) is 5.96 Å². The van der Waals surface area contributed by atoms with Crippen LogP contribution in [0.25, 0.3) is 0 Å². The average molecular weight is 459 g/mol. The van der Waals surface area contributed by atoms with Crippen LogP contribution < -0.4 is 10.6 Å². The van der Waals surface area contributed by atoms with Crippen LogP contribution in [0.2, 0.25) is 0 Å². The van der Waals surface area contributed by atoms with Gasteiger partial charge in [-0.3, -0.25) is 4.99 Å². The van der Waals surface area contributed by atoms with E-state index in [2.05, 4.69) is 35.7 Å². The van der Waals surface area contributed by atoms with Crippen molar-refractivity contribution in [1.29, 1.82) is 0 Å². The number of hydrogen-bond acceptors (Lipinski definition) is 4. The fourth-order valence-corrected chi connectivity index (χ4v) is 3.15. The molecule has 23 heavy (non-hydrogen) atoms. The van der Waals surface area contributed by atoms with E-state index in [-0.39, 0.29) is 28.7 Å². The summed E-state index contributed by atoms with van der Waals surface area (Å²) in [5, 5.41) is 6.82.